The molecule has 0 atom stereocenters. The van der Waals surface area contributed by atoms with E-state index < -0.39 is 0 Å². The van der Waals surface area contributed by atoms with Gasteiger partial charge in [-0.1, -0.05) is 23.7 Å². The zero-order chi connectivity index (χ0) is 21.1. The van der Waals surface area contributed by atoms with Crippen molar-refractivity contribution in [2.24, 2.45) is 0 Å². The maximum Gasteiger partial charge on any atom is 0.276 e. The van der Waals surface area contributed by atoms with E-state index in [4.69, 9.17) is 33.3 Å². The van der Waals surface area contributed by atoms with E-state index in [1.807, 2.05) is 6.92 Å². The Hall–Kier alpha value is -2.64. The topological polar surface area (TPSA) is 42.0 Å². The fourth-order valence-electron chi connectivity index (χ4n) is 2.90. The second-order valence-electron chi connectivity index (χ2n) is 6.42. The van der Waals surface area contributed by atoms with E-state index in [-0.39, 0.29) is 18.3 Å². The van der Waals surface area contributed by atoms with Gasteiger partial charge in [0.2, 0.25) is 0 Å². The summed E-state index contributed by atoms with van der Waals surface area (Å²) in [5, 5.41) is 0.746. The van der Waals surface area contributed by atoms with Crippen LogP contribution in [0.2, 0.25) is 5.02 Å². The molecule has 8 heteroatoms. The highest BCUT2D eigenvalue weighted by molar-refractivity contribution is 7.80. The molecule has 0 radical (unpaired) electrons. The van der Waals surface area contributed by atoms with Crippen LogP contribution in [0.15, 0.2) is 42.1 Å². The van der Waals surface area contributed by atoms with Gasteiger partial charge in [-0.15, -0.1) is 0 Å². The summed E-state index contributed by atoms with van der Waals surface area (Å²) in [4.78, 5) is 15.4. The van der Waals surface area contributed by atoms with Gasteiger partial charge in [0.25, 0.3) is 5.91 Å². The van der Waals surface area contributed by atoms with E-state index in [1.54, 1.807) is 49.3 Å². The largest absolute Gasteiger partial charge is 0.490 e. The van der Waals surface area contributed by atoms with Gasteiger partial charge < -0.3 is 14.4 Å². The fourth-order valence-corrected chi connectivity index (χ4v) is 3.36. The van der Waals surface area contributed by atoms with Crippen molar-refractivity contribution in [2.75, 3.05) is 20.7 Å². The lowest BCUT2D eigenvalue weighted by atomic mass is 10.1. The number of thiocarbonyl (C=S) groups is 1. The van der Waals surface area contributed by atoms with Crippen LogP contribution < -0.4 is 9.47 Å². The molecule has 152 valence electrons. The first-order valence-corrected chi connectivity index (χ1v) is 9.71. The highest BCUT2D eigenvalue weighted by Crippen LogP contribution is 2.38. The van der Waals surface area contributed by atoms with Gasteiger partial charge in [0.15, 0.2) is 16.6 Å². The van der Waals surface area contributed by atoms with Gasteiger partial charge in [0, 0.05) is 14.1 Å². The Morgan fingerprint density at radius 2 is 1.93 bits per heavy atom. The van der Waals surface area contributed by atoms with Crippen LogP contribution in [-0.2, 0) is 11.4 Å². The van der Waals surface area contributed by atoms with Crippen molar-refractivity contribution in [3.63, 3.8) is 0 Å². The predicted octanol–water partition coefficient (Wildman–Crippen LogP) is 4.49. The summed E-state index contributed by atoms with van der Waals surface area (Å²) in [6.45, 7) is 2.38. The summed E-state index contributed by atoms with van der Waals surface area (Å²) in [6.07, 6.45) is 1.70. The van der Waals surface area contributed by atoms with Crippen LogP contribution in [0.5, 0.6) is 11.5 Å². The molecular formula is C21H20ClFN2O3S. The molecule has 2 aromatic rings. The zero-order valence-electron chi connectivity index (χ0n) is 16.2. The fraction of sp³-hybridized carbons (Fsp3) is 0.238. The summed E-state index contributed by atoms with van der Waals surface area (Å²) < 4.78 is 24.9. The van der Waals surface area contributed by atoms with Crippen LogP contribution in [-0.4, -0.2) is 41.5 Å². The highest BCUT2D eigenvalue weighted by Gasteiger charge is 2.32. The molecule has 0 N–H and O–H groups in total. The summed E-state index contributed by atoms with van der Waals surface area (Å²) >= 11 is 11.7. The molecule has 1 saturated heterocycles. The molecule has 29 heavy (non-hydrogen) atoms. The third kappa shape index (κ3) is 4.52. The summed E-state index contributed by atoms with van der Waals surface area (Å²) in [7, 11) is 3.36. The minimum absolute atomic E-state index is 0.137. The van der Waals surface area contributed by atoms with Gasteiger partial charge in [-0.05, 0) is 60.6 Å². The predicted molar refractivity (Wildman–Crippen MR) is 114 cm³/mol. The monoisotopic (exact) mass is 434 g/mol. The normalized spacial score (nSPS) is 15.4. The molecule has 0 aliphatic carbocycles. The smallest absolute Gasteiger partial charge is 0.276 e. The Morgan fingerprint density at radius 3 is 2.55 bits per heavy atom. The van der Waals surface area contributed by atoms with E-state index in [2.05, 4.69) is 0 Å². The van der Waals surface area contributed by atoms with Crippen molar-refractivity contribution in [1.29, 1.82) is 0 Å². The minimum Gasteiger partial charge on any atom is -0.490 e. The lowest BCUT2D eigenvalue weighted by Crippen LogP contribution is -2.26. The van der Waals surface area contributed by atoms with Crippen LogP contribution in [0.4, 0.5) is 4.39 Å². The Balaban J connectivity index is 1.91. The van der Waals surface area contributed by atoms with E-state index in [0.717, 1.165) is 0 Å². The average Bonchev–Trinajstić information content (AvgIpc) is 2.85. The van der Waals surface area contributed by atoms with Gasteiger partial charge in [0.05, 0.1) is 11.6 Å². The number of halogens is 2. The molecular weight excluding hydrogens is 415 g/mol. The van der Waals surface area contributed by atoms with Gasteiger partial charge in [-0.25, -0.2) is 4.39 Å². The molecule has 1 aliphatic rings. The number of carbonyl (C=O) groups is 1. The third-order valence-electron chi connectivity index (χ3n) is 4.37. The van der Waals surface area contributed by atoms with Crippen molar-refractivity contribution >= 4 is 40.9 Å². The molecule has 1 amide bonds. The minimum atomic E-state index is -0.336. The standard InChI is InChI=1S/C21H20ClFN2O3S/c1-4-27-18-11-14(10-17-20(26)25(3)21(29)24(17)2)9-16(22)19(18)28-12-13-6-5-7-15(23)8-13/h5-11H,4,12H2,1-3H3/b17-10-. The lowest BCUT2D eigenvalue weighted by Gasteiger charge is -2.15. The molecule has 5 nitrogen and oxygen atoms in total. The first-order valence-electron chi connectivity index (χ1n) is 8.92. The van der Waals surface area contributed by atoms with Gasteiger partial charge >= 0.3 is 0 Å². The molecule has 1 aliphatic heterocycles. The summed E-state index contributed by atoms with van der Waals surface area (Å²) in [5.74, 6) is 0.265. The van der Waals surface area contributed by atoms with Crippen LogP contribution in [0.1, 0.15) is 18.1 Å². The Morgan fingerprint density at radius 1 is 1.17 bits per heavy atom. The zero-order valence-corrected chi connectivity index (χ0v) is 17.8. The molecule has 3 rings (SSSR count). The number of likely N-dealkylation sites (N-methyl/N-ethyl adjacent to an activating group) is 2. The van der Waals surface area contributed by atoms with E-state index >= 15 is 0 Å². The Kier molecular flexibility index (Phi) is 6.39. The molecule has 0 saturated carbocycles. The average molecular weight is 435 g/mol. The number of rotatable bonds is 6. The van der Waals surface area contributed by atoms with Gasteiger partial charge in [-0.2, -0.15) is 0 Å². The lowest BCUT2D eigenvalue weighted by molar-refractivity contribution is -0.121. The molecule has 0 bridgehead atoms. The number of benzene rings is 2. The van der Waals surface area contributed by atoms with Crippen LogP contribution in [0.3, 0.4) is 0 Å². The van der Waals surface area contributed by atoms with Crippen molar-refractivity contribution < 1.29 is 18.7 Å². The van der Waals surface area contributed by atoms with Gasteiger partial charge in [-0.3, -0.25) is 9.69 Å². The Bertz CT molecular complexity index is 996. The summed E-state index contributed by atoms with van der Waals surface area (Å²) in [6, 6.07) is 9.57. The molecule has 0 unspecified atom stereocenters. The van der Waals surface area contributed by atoms with Crippen molar-refractivity contribution in [2.45, 2.75) is 13.5 Å². The maximum absolute atomic E-state index is 13.4. The number of amides is 1. The number of hydrogen-bond donors (Lipinski definition) is 0. The number of ether oxygens (including phenoxy) is 2. The second-order valence-corrected chi connectivity index (χ2v) is 7.19. The number of nitrogens with zero attached hydrogens (tertiary/aromatic N) is 2. The molecule has 0 spiro atoms. The maximum atomic E-state index is 13.4. The Labute approximate surface area is 179 Å². The van der Waals surface area contributed by atoms with Crippen molar-refractivity contribution in [1.82, 2.24) is 9.80 Å². The van der Waals surface area contributed by atoms with E-state index in [9.17, 15) is 9.18 Å². The molecule has 1 fully saturated rings. The van der Waals surface area contributed by atoms with E-state index in [0.29, 0.717) is 45.1 Å². The molecule has 1 heterocycles. The van der Waals surface area contributed by atoms with Gasteiger partial charge in [0.1, 0.15) is 18.1 Å². The third-order valence-corrected chi connectivity index (χ3v) is 5.19. The van der Waals surface area contributed by atoms with Crippen LogP contribution >= 0.6 is 23.8 Å². The van der Waals surface area contributed by atoms with Crippen LogP contribution in [0, 0.1) is 5.82 Å². The van der Waals surface area contributed by atoms with Crippen molar-refractivity contribution in [3.05, 3.63) is 64.1 Å². The first-order chi connectivity index (χ1) is 13.8. The van der Waals surface area contributed by atoms with Crippen LogP contribution in [0.25, 0.3) is 6.08 Å². The quantitative estimate of drug-likeness (QED) is 0.495. The highest BCUT2D eigenvalue weighted by atomic mass is 35.5. The second kappa shape index (κ2) is 8.80. The number of hydrogen-bond acceptors (Lipinski definition) is 4. The number of carbonyl (C=O) groups excluding carboxylic acids is 1. The SMILES string of the molecule is CCOc1cc(/C=C2/C(=O)N(C)C(=S)N2C)cc(Cl)c1OCc1cccc(F)c1. The first kappa shape index (κ1) is 21.1. The molecule has 0 aromatic heterocycles. The van der Waals surface area contributed by atoms with Crippen molar-refractivity contribution in [3.8, 4) is 11.5 Å². The summed E-state index contributed by atoms with van der Waals surface area (Å²) in [5.41, 5.74) is 1.78. The van der Waals surface area contributed by atoms with E-state index in [1.165, 1.54) is 17.0 Å². The molecule has 2 aromatic carbocycles.